The van der Waals surface area contributed by atoms with Gasteiger partial charge in [-0.15, -0.1) is 0 Å². The zero-order chi connectivity index (χ0) is 13.6. The maximum Gasteiger partial charge on any atom is 0.280 e. The molecule has 2 aromatic carbocycles. The Hall–Kier alpha value is -1.26. The summed E-state index contributed by atoms with van der Waals surface area (Å²) >= 11 is 9.55. The Kier molecular flexibility index (Phi) is 3.15. The smallest absolute Gasteiger partial charge is 0.246 e. The van der Waals surface area contributed by atoms with E-state index in [4.69, 9.17) is 11.6 Å². The summed E-state index contributed by atoms with van der Waals surface area (Å²) in [6.45, 7) is 0. The molecule has 0 bridgehead atoms. The molecule has 3 rings (SSSR count). The Morgan fingerprint density at radius 2 is 1.74 bits per heavy atom. The van der Waals surface area contributed by atoms with Gasteiger partial charge in [0, 0.05) is 15.2 Å². The molecule has 5 heteroatoms. The van der Waals surface area contributed by atoms with Crippen molar-refractivity contribution in [1.29, 1.82) is 0 Å². The van der Waals surface area contributed by atoms with Crippen molar-refractivity contribution in [2.24, 2.45) is 0 Å². The summed E-state index contributed by atoms with van der Waals surface area (Å²) in [4.78, 5) is 4.05. The number of benzene rings is 2. The quantitative estimate of drug-likeness (QED) is 0.514. The lowest BCUT2D eigenvalue weighted by Gasteiger charge is -2.09. The van der Waals surface area contributed by atoms with Crippen molar-refractivity contribution in [2.45, 2.75) is 6.43 Å². The molecule has 0 spiro atoms. The highest BCUT2D eigenvalue weighted by molar-refractivity contribution is 9.10. The monoisotopic (exact) mass is 341 g/mol. The molecule has 0 unspecified atom stereocenters. The number of aromatic nitrogens is 1. The predicted molar refractivity (Wildman–Crippen MR) is 76.9 cm³/mol. The van der Waals surface area contributed by atoms with Crippen LogP contribution >= 0.6 is 27.5 Å². The fraction of sp³-hybridized carbons (Fsp3) is 0.0714. The van der Waals surface area contributed by atoms with Crippen LogP contribution in [-0.2, 0) is 0 Å². The third-order valence-corrected chi connectivity index (χ3v) is 3.93. The van der Waals surface area contributed by atoms with Crippen LogP contribution in [0.4, 0.5) is 8.78 Å². The molecular weight excluding hydrogens is 336 g/mol. The number of hydrogen-bond acceptors (Lipinski definition) is 1. The summed E-state index contributed by atoms with van der Waals surface area (Å²) in [5, 5.41) is 2.67. The number of fused-ring (bicyclic) bond motifs is 3. The lowest BCUT2D eigenvalue weighted by Crippen LogP contribution is -1.93. The minimum Gasteiger partial charge on any atom is -0.246 e. The largest absolute Gasteiger partial charge is 0.280 e. The van der Waals surface area contributed by atoms with Gasteiger partial charge in [0.25, 0.3) is 6.43 Å². The van der Waals surface area contributed by atoms with Crippen molar-refractivity contribution >= 4 is 49.2 Å². The van der Waals surface area contributed by atoms with Gasteiger partial charge >= 0.3 is 0 Å². The Morgan fingerprint density at radius 3 is 2.42 bits per heavy atom. The van der Waals surface area contributed by atoms with Crippen molar-refractivity contribution in [3.63, 3.8) is 0 Å². The Morgan fingerprint density at radius 1 is 1.05 bits per heavy atom. The minimum atomic E-state index is -2.63. The first-order valence-electron chi connectivity index (χ1n) is 5.53. The molecule has 0 N–H and O–H groups in total. The summed E-state index contributed by atoms with van der Waals surface area (Å²) in [6, 6.07) is 10.5. The number of alkyl halides is 2. The van der Waals surface area contributed by atoms with Crippen molar-refractivity contribution < 1.29 is 8.78 Å². The van der Waals surface area contributed by atoms with Crippen LogP contribution in [0.25, 0.3) is 21.7 Å². The normalized spacial score (nSPS) is 11.6. The number of nitrogens with zero attached hydrogens (tertiary/aromatic N) is 1. The van der Waals surface area contributed by atoms with E-state index in [2.05, 4.69) is 20.9 Å². The fourth-order valence-corrected chi connectivity index (χ4v) is 2.93. The molecule has 0 aliphatic rings. The number of halogens is 4. The molecule has 19 heavy (non-hydrogen) atoms. The van der Waals surface area contributed by atoms with E-state index < -0.39 is 6.43 Å². The summed E-state index contributed by atoms with van der Waals surface area (Å²) in [6.07, 6.45) is -2.63. The first-order chi connectivity index (χ1) is 9.08. The highest BCUT2D eigenvalue weighted by Crippen LogP contribution is 2.35. The van der Waals surface area contributed by atoms with E-state index >= 15 is 0 Å². The van der Waals surface area contributed by atoms with Gasteiger partial charge in [-0.3, -0.25) is 0 Å². The van der Waals surface area contributed by atoms with Crippen LogP contribution in [0, 0.1) is 0 Å². The summed E-state index contributed by atoms with van der Waals surface area (Å²) in [5.74, 6) is 0. The predicted octanol–water partition coefficient (Wildman–Crippen LogP) is 5.74. The lowest BCUT2D eigenvalue weighted by atomic mass is 10.1. The SMILES string of the molecule is FC(F)c1cc(Cl)c2cc(Br)c3ccccc3c2n1. The Bertz CT molecular complexity index is 789. The molecule has 1 nitrogen and oxygen atoms in total. The van der Waals surface area contributed by atoms with E-state index in [1.807, 2.05) is 30.3 Å². The highest BCUT2D eigenvalue weighted by atomic mass is 79.9. The number of rotatable bonds is 1. The number of pyridine rings is 1. The maximum absolute atomic E-state index is 12.8. The Balaban J connectivity index is 2.52. The molecule has 96 valence electrons. The van der Waals surface area contributed by atoms with Gasteiger partial charge in [0.05, 0.1) is 10.5 Å². The zero-order valence-electron chi connectivity index (χ0n) is 9.50. The van der Waals surface area contributed by atoms with Crippen molar-refractivity contribution in [3.8, 4) is 0 Å². The topological polar surface area (TPSA) is 12.9 Å². The fourth-order valence-electron chi connectivity index (χ4n) is 2.10. The second kappa shape index (κ2) is 4.69. The molecule has 0 aliphatic heterocycles. The second-order valence-electron chi connectivity index (χ2n) is 4.13. The minimum absolute atomic E-state index is 0.284. The maximum atomic E-state index is 12.8. The highest BCUT2D eigenvalue weighted by Gasteiger charge is 2.15. The van der Waals surface area contributed by atoms with Gasteiger partial charge in [0.2, 0.25) is 0 Å². The molecule has 0 amide bonds. The van der Waals surface area contributed by atoms with E-state index in [1.165, 1.54) is 6.07 Å². The average Bonchev–Trinajstić information content (AvgIpc) is 2.40. The van der Waals surface area contributed by atoms with Gasteiger partial charge in [0.1, 0.15) is 5.69 Å². The van der Waals surface area contributed by atoms with Crippen LogP contribution in [0.5, 0.6) is 0 Å². The first kappa shape index (κ1) is 12.8. The Labute approximate surface area is 121 Å². The van der Waals surface area contributed by atoms with Gasteiger partial charge in [-0.1, -0.05) is 51.8 Å². The summed E-state index contributed by atoms with van der Waals surface area (Å²) in [5.41, 5.74) is 0.201. The van der Waals surface area contributed by atoms with Crippen LogP contribution in [0.2, 0.25) is 5.02 Å². The van der Waals surface area contributed by atoms with Gasteiger partial charge in [-0.2, -0.15) is 0 Å². The van der Waals surface area contributed by atoms with Gasteiger partial charge in [-0.05, 0) is 17.5 Å². The average molecular weight is 343 g/mol. The molecule has 1 heterocycles. The van der Waals surface area contributed by atoms with E-state index in [0.29, 0.717) is 10.9 Å². The molecule has 0 saturated carbocycles. The van der Waals surface area contributed by atoms with Crippen LogP contribution < -0.4 is 0 Å². The zero-order valence-corrected chi connectivity index (χ0v) is 11.8. The van der Waals surface area contributed by atoms with Crippen LogP contribution in [0.3, 0.4) is 0 Å². The molecular formula is C14H7BrClF2N. The molecule has 0 atom stereocenters. The standard InChI is InChI=1S/C14H7BrClF2N/c15-10-5-9-11(16)6-12(14(17)18)19-13(9)8-4-2-1-3-7(8)10/h1-6,14H. The van der Waals surface area contributed by atoms with Crippen LogP contribution in [0.1, 0.15) is 12.1 Å². The lowest BCUT2D eigenvalue weighted by molar-refractivity contribution is 0.146. The summed E-state index contributed by atoms with van der Waals surface area (Å²) in [7, 11) is 0. The van der Waals surface area contributed by atoms with Crippen LogP contribution in [0.15, 0.2) is 40.9 Å². The third-order valence-electron chi connectivity index (χ3n) is 2.96. The second-order valence-corrected chi connectivity index (χ2v) is 5.39. The third kappa shape index (κ3) is 2.09. The van der Waals surface area contributed by atoms with E-state index in [0.717, 1.165) is 15.2 Å². The molecule has 0 radical (unpaired) electrons. The molecule has 0 aliphatic carbocycles. The first-order valence-corrected chi connectivity index (χ1v) is 6.70. The summed E-state index contributed by atoms with van der Waals surface area (Å²) < 4.78 is 26.5. The molecule has 3 aromatic rings. The van der Waals surface area contributed by atoms with Crippen molar-refractivity contribution in [2.75, 3.05) is 0 Å². The van der Waals surface area contributed by atoms with Gasteiger partial charge in [0.15, 0.2) is 0 Å². The van der Waals surface area contributed by atoms with E-state index in [1.54, 1.807) is 0 Å². The number of hydrogen-bond donors (Lipinski definition) is 0. The van der Waals surface area contributed by atoms with Crippen molar-refractivity contribution in [1.82, 2.24) is 4.98 Å². The van der Waals surface area contributed by atoms with E-state index in [-0.39, 0.29) is 10.7 Å². The van der Waals surface area contributed by atoms with Crippen molar-refractivity contribution in [3.05, 3.63) is 51.6 Å². The van der Waals surface area contributed by atoms with Gasteiger partial charge in [-0.25, -0.2) is 13.8 Å². The molecule has 0 fully saturated rings. The van der Waals surface area contributed by atoms with E-state index in [9.17, 15) is 8.78 Å². The molecule has 1 aromatic heterocycles. The van der Waals surface area contributed by atoms with Gasteiger partial charge < -0.3 is 0 Å². The van der Waals surface area contributed by atoms with Crippen LogP contribution in [-0.4, -0.2) is 4.98 Å². The molecule has 0 saturated heterocycles.